The van der Waals surface area contributed by atoms with Crippen molar-refractivity contribution in [3.8, 4) is 6.07 Å². The van der Waals surface area contributed by atoms with Crippen molar-refractivity contribution in [3.05, 3.63) is 35.4 Å². The molecule has 0 radical (unpaired) electrons. The predicted octanol–water partition coefficient (Wildman–Crippen LogP) is 1.03. The lowest BCUT2D eigenvalue weighted by atomic mass is 10.1. The third kappa shape index (κ3) is 2.98. The number of anilines is 1. The standard InChI is InChI=1S/C12H13N3O2/c1-2-17-12(16)10(7-13)11(15)8-3-5-9(14)6-4-8/h3-6H,2,14-15H2,1H3/b11-10-. The second kappa shape index (κ2) is 5.56. The fourth-order valence-electron chi connectivity index (χ4n) is 1.23. The summed E-state index contributed by atoms with van der Waals surface area (Å²) in [6.45, 7) is 1.85. The lowest BCUT2D eigenvalue weighted by Crippen LogP contribution is -2.12. The van der Waals surface area contributed by atoms with Gasteiger partial charge in [0.25, 0.3) is 0 Å². The van der Waals surface area contributed by atoms with Gasteiger partial charge in [0.2, 0.25) is 0 Å². The molecule has 5 heteroatoms. The monoisotopic (exact) mass is 231 g/mol. The fourth-order valence-corrected chi connectivity index (χ4v) is 1.23. The van der Waals surface area contributed by atoms with E-state index in [1.807, 2.05) is 0 Å². The molecule has 1 aromatic carbocycles. The van der Waals surface area contributed by atoms with Gasteiger partial charge in [-0.1, -0.05) is 12.1 Å². The minimum absolute atomic E-state index is 0.0888. The summed E-state index contributed by atoms with van der Waals surface area (Å²) in [7, 11) is 0. The predicted molar refractivity (Wildman–Crippen MR) is 64.2 cm³/mol. The maximum atomic E-state index is 11.4. The van der Waals surface area contributed by atoms with Crippen LogP contribution in [-0.4, -0.2) is 12.6 Å². The highest BCUT2D eigenvalue weighted by atomic mass is 16.5. The first-order valence-corrected chi connectivity index (χ1v) is 5.03. The molecule has 0 bridgehead atoms. The van der Waals surface area contributed by atoms with Crippen molar-refractivity contribution in [3.63, 3.8) is 0 Å². The van der Waals surface area contributed by atoms with E-state index in [-0.39, 0.29) is 17.9 Å². The molecular formula is C12H13N3O2. The number of rotatable bonds is 3. The minimum Gasteiger partial charge on any atom is -0.462 e. The van der Waals surface area contributed by atoms with Crippen LogP contribution in [0.25, 0.3) is 5.70 Å². The van der Waals surface area contributed by atoms with Crippen LogP contribution in [0.5, 0.6) is 0 Å². The SMILES string of the molecule is CCOC(=O)/C(C#N)=C(\N)c1ccc(N)cc1. The number of hydrogen-bond donors (Lipinski definition) is 2. The van der Waals surface area contributed by atoms with Gasteiger partial charge in [-0.05, 0) is 24.6 Å². The molecule has 0 aromatic heterocycles. The maximum Gasteiger partial charge on any atom is 0.351 e. The summed E-state index contributed by atoms with van der Waals surface area (Å²) in [5.74, 6) is -0.718. The van der Waals surface area contributed by atoms with Crippen LogP contribution in [0.15, 0.2) is 29.8 Å². The highest BCUT2D eigenvalue weighted by Crippen LogP contribution is 2.16. The molecule has 0 aliphatic rings. The first-order valence-electron chi connectivity index (χ1n) is 5.03. The molecule has 0 fully saturated rings. The maximum absolute atomic E-state index is 11.4. The van der Waals surface area contributed by atoms with E-state index >= 15 is 0 Å². The molecule has 0 unspecified atom stereocenters. The Morgan fingerprint density at radius 3 is 2.47 bits per heavy atom. The third-order valence-electron chi connectivity index (χ3n) is 2.08. The van der Waals surface area contributed by atoms with E-state index in [1.54, 1.807) is 37.3 Å². The van der Waals surface area contributed by atoms with E-state index in [0.717, 1.165) is 0 Å². The Morgan fingerprint density at radius 2 is 2.00 bits per heavy atom. The Labute approximate surface area is 99.3 Å². The highest BCUT2D eigenvalue weighted by Gasteiger charge is 2.15. The zero-order chi connectivity index (χ0) is 12.8. The second-order valence-electron chi connectivity index (χ2n) is 3.24. The minimum atomic E-state index is -0.718. The average molecular weight is 231 g/mol. The van der Waals surface area contributed by atoms with Crippen molar-refractivity contribution in [2.75, 3.05) is 12.3 Å². The van der Waals surface area contributed by atoms with Gasteiger partial charge in [0.05, 0.1) is 12.3 Å². The van der Waals surface area contributed by atoms with E-state index in [4.69, 9.17) is 21.5 Å². The molecule has 0 saturated heterocycles. The van der Waals surface area contributed by atoms with Gasteiger partial charge in [-0.15, -0.1) is 0 Å². The van der Waals surface area contributed by atoms with Crippen LogP contribution in [-0.2, 0) is 9.53 Å². The van der Waals surface area contributed by atoms with Crippen molar-refractivity contribution in [2.45, 2.75) is 6.92 Å². The lowest BCUT2D eigenvalue weighted by Gasteiger charge is -2.05. The second-order valence-corrected chi connectivity index (χ2v) is 3.24. The number of carbonyl (C=O) groups excluding carboxylic acids is 1. The Balaban J connectivity index is 3.13. The molecule has 4 N–H and O–H groups in total. The van der Waals surface area contributed by atoms with Gasteiger partial charge >= 0.3 is 5.97 Å². The van der Waals surface area contributed by atoms with Gasteiger partial charge in [-0.25, -0.2) is 4.79 Å². The number of hydrogen-bond acceptors (Lipinski definition) is 5. The molecule has 0 atom stereocenters. The molecule has 1 aromatic rings. The Hall–Kier alpha value is -2.48. The molecule has 17 heavy (non-hydrogen) atoms. The summed E-state index contributed by atoms with van der Waals surface area (Å²) in [6.07, 6.45) is 0. The van der Waals surface area contributed by atoms with Crippen LogP contribution in [0.4, 0.5) is 5.69 Å². The topological polar surface area (TPSA) is 102 Å². The number of nitriles is 1. The zero-order valence-corrected chi connectivity index (χ0v) is 9.43. The molecule has 0 saturated carbocycles. The molecule has 0 spiro atoms. The number of ether oxygens (including phenoxy) is 1. The van der Waals surface area contributed by atoms with Crippen molar-refractivity contribution >= 4 is 17.4 Å². The molecule has 88 valence electrons. The number of esters is 1. The summed E-state index contributed by atoms with van der Waals surface area (Å²) in [5, 5.41) is 8.90. The Kier molecular flexibility index (Phi) is 4.12. The van der Waals surface area contributed by atoms with Crippen LogP contribution < -0.4 is 11.5 Å². The van der Waals surface area contributed by atoms with Crippen LogP contribution in [0.1, 0.15) is 12.5 Å². The van der Waals surface area contributed by atoms with E-state index < -0.39 is 5.97 Å². The summed E-state index contributed by atoms with van der Waals surface area (Å²) in [4.78, 5) is 11.4. The van der Waals surface area contributed by atoms with E-state index in [0.29, 0.717) is 11.3 Å². The Morgan fingerprint density at radius 1 is 1.41 bits per heavy atom. The van der Waals surface area contributed by atoms with Crippen molar-refractivity contribution in [2.24, 2.45) is 5.73 Å². The fraction of sp³-hybridized carbons (Fsp3) is 0.167. The van der Waals surface area contributed by atoms with E-state index in [2.05, 4.69) is 0 Å². The number of benzene rings is 1. The first-order chi connectivity index (χ1) is 8.10. The smallest absolute Gasteiger partial charge is 0.351 e. The molecule has 0 amide bonds. The van der Waals surface area contributed by atoms with Gasteiger partial charge in [0, 0.05) is 5.69 Å². The summed E-state index contributed by atoms with van der Waals surface area (Å²) in [5.41, 5.74) is 12.3. The van der Waals surface area contributed by atoms with Crippen molar-refractivity contribution < 1.29 is 9.53 Å². The average Bonchev–Trinajstić information content (AvgIpc) is 2.31. The normalized spacial score (nSPS) is 11.3. The van der Waals surface area contributed by atoms with Crippen LogP contribution in [0.3, 0.4) is 0 Å². The summed E-state index contributed by atoms with van der Waals surface area (Å²) in [6, 6.07) is 8.31. The first kappa shape index (κ1) is 12.6. The molecule has 1 rings (SSSR count). The number of nitrogens with two attached hydrogens (primary N) is 2. The largest absolute Gasteiger partial charge is 0.462 e. The number of nitrogens with zero attached hydrogens (tertiary/aromatic N) is 1. The van der Waals surface area contributed by atoms with Crippen LogP contribution >= 0.6 is 0 Å². The van der Waals surface area contributed by atoms with Crippen molar-refractivity contribution in [1.82, 2.24) is 0 Å². The zero-order valence-electron chi connectivity index (χ0n) is 9.43. The van der Waals surface area contributed by atoms with Gasteiger partial charge < -0.3 is 16.2 Å². The molecule has 0 aliphatic carbocycles. The summed E-state index contributed by atoms with van der Waals surface area (Å²) < 4.78 is 4.74. The van der Waals surface area contributed by atoms with Crippen LogP contribution in [0, 0.1) is 11.3 Å². The van der Waals surface area contributed by atoms with Crippen LogP contribution in [0.2, 0.25) is 0 Å². The van der Waals surface area contributed by atoms with E-state index in [1.165, 1.54) is 0 Å². The Bertz CT molecular complexity index is 483. The molecular weight excluding hydrogens is 218 g/mol. The number of carbonyl (C=O) groups is 1. The molecule has 5 nitrogen and oxygen atoms in total. The molecule has 0 heterocycles. The van der Waals surface area contributed by atoms with Gasteiger partial charge in [-0.3, -0.25) is 0 Å². The highest BCUT2D eigenvalue weighted by molar-refractivity contribution is 6.01. The quantitative estimate of drug-likeness (QED) is 0.350. The summed E-state index contributed by atoms with van der Waals surface area (Å²) >= 11 is 0. The molecule has 0 aliphatic heterocycles. The third-order valence-corrected chi connectivity index (χ3v) is 2.08. The van der Waals surface area contributed by atoms with Gasteiger partial charge in [-0.2, -0.15) is 5.26 Å². The van der Waals surface area contributed by atoms with Gasteiger partial charge in [0.15, 0.2) is 5.57 Å². The van der Waals surface area contributed by atoms with Gasteiger partial charge in [0.1, 0.15) is 6.07 Å². The lowest BCUT2D eigenvalue weighted by molar-refractivity contribution is -0.137. The van der Waals surface area contributed by atoms with Crippen molar-refractivity contribution in [1.29, 1.82) is 5.26 Å². The van der Waals surface area contributed by atoms with E-state index in [9.17, 15) is 4.79 Å². The number of nitrogen functional groups attached to an aromatic ring is 1.